The number of carbonyl (C=O) groups excluding carboxylic acids is 2. The number of esters is 1. The van der Waals surface area contributed by atoms with Gasteiger partial charge in [-0.15, -0.1) is 0 Å². The first kappa shape index (κ1) is 32.8. The first-order chi connectivity index (χ1) is 21.0. The summed E-state index contributed by atoms with van der Waals surface area (Å²) >= 11 is 12.4. The average molecular weight is 642 g/mol. The molecule has 4 aromatic rings. The second kappa shape index (κ2) is 14.6. The highest BCUT2D eigenvalue weighted by molar-refractivity contribution is 6.39. The summed E-state index contributed by atoms with van der Waals surface area (Å²) in [7, 11) is 3.46. The van der Waals surface area contributed by atoms with Crippen molar-refractivity contribution in [3.63, 3.8) is 0 Å². The fourth-order valence-corrected chi connectivity index (χ4v) is 5.23. The molecule has 12 heteroatoms. The van der Waals surface area contributed by atoms with Crippen molar-refractivity contribution in [1.82, 2.24) is 19.8 Å². The number of halogens is 2. The molecular formula is C32H34Cl2N4O6. The molecule has 0 bridgehead atoms. The number of hydrogen-bond acceptors (Lipinski definition) is 7. The van der Waals surface area contributed by atoms with E-state index in [0.29, 0.717) is 34.5 Å². The monoisotopic (exact) mass is 640 g/mol. The van der Waals surface area contributed by atoms with Gasteiger partial charge in [0.2, 0.25) is 0 Å². The zero-order valence-electron chi connectivity index (χ0n) is 24.9. The predicted molar refractivity (Wildman–Crippen MR) is 171 cm³/mol. The topological polar surface area (TPSA) is 121 Å². The van der Waals surface area contributed by atoms with E-state index < -0.39 is 35.3 Å². The largest absolute Gasteiger partial charge is 0.494 e. The van der Waals surface area contributed by atoms with Gasteiger partial charge in [-0.2, -0.15) is 0 Å². The number of hydrogen-bond donors (Lipinski definition) is 2. The molecule has 0 saturated carbocycles. The van der Waals surface area contributed by atoms with Crippen LogP contribution in [-0.2, 0) is 23.0 Å². The van der Waals surface area contributed by atoms with Gasteiger partial charge in [-0.05, 0) is 81.9 Å². The normalized spacial score (nSPS) is 11.9. The fourth-order valence-electron chi connectivity index (χ4n) is 4.67. The molecule has 232 valence electrons. The summed E-state index contributed by atoms with van der Waals surface area (Å²) < 4.78 is 13.7. The Labute approximate surface area is 264 Å². The highest BCUT2D eigenvalue weighted by Crippen LogP contribution is 2.24. The van der Waals surface area contributed by atoms with Crippen LogP contribution in [0.5, 0.6) is 5.75 Å². The molecule has 0 aliphatic heterocycles. The Hall–Kier alpha value is -4.12. The summed E-state index contributed by atoms with van der Waals surface area (Å²) in [5.41, 5.74) is 0.518. The molecule has 10 nitrogen and oxygen atoms in total. The summed E-state index contributed by atoms with van der Waals surface area (Å²) in [5, 5.41) is 6.36. The molecule has 44 heavy (non-hydrogen) atoms. The van der Waals surface area contributed by atoms with Crippen molar-refractivity contribution < 1.29 is 19.1 Å². The van der Waals surface area contributed by atoms with E-state index in [1.807, 2.05) is 7.05 Å². The summed E-state index contributed by atoms with van der Waals surface area (Å²) in [5.74, 6) is -0.727. The Balaban J connectivity index is 1.63. The van der Waals surface area contributed by atoms with E-state index in [2.05, 4.69) is 10.6 Å². The van der Waals surface area contributed by atoms with Crippen molar-refractivity contribution in [2.24, 2.45) is 7.05 Å². The number of ether oxygens (including phenoxy) is 2. The fraction of sp³-hybridized carbons (Fsp3) is 0.312. The van der Waals surface area contributed by atoms with Crippen molar-refractivity contribution in [2.75, 3.05) is 20.2 Å². The Morgan fingerprint density at radius 3 is 2.30 bits per heavy atom. The van der Waals surface area contributed by atoms with Crippen molar-refractivity contribution in [3.8, 4) is 11.4 Å². The second-order valence-corrected chi connectivity index (χ2v) is 11.3. The van der Waals surface area contributed by atoms with Crippen LogP contribution in [0.2, 0.25) is 10.0 Å². The van der Waals surface area contributed by atoms with Gasteiger partial charge in [0.15, 0.2) is 0 Å². The van der Waals surface area contributed by atoms with Crippen molar-refractivity contribution >= 4 is 46.0 Å². The molecule has 1 heterocycles. The number of nitrogens with one attached hydrogen (secondary N) is 2. The number of nitrogens with zero attached hydrogens (tertiary/aromatic N) is 2. The lowest BCUT2D eigenvalue weighted by Crippen LogP contribution is -2.44. The first-order valence-corrected chi connectivity index (χ1v) is 14.8. The molecule has 0 radical (unpaired) electrons. The molecule has 3 aromatic carbocycles. The Morgan fingerprint density at radius 1 is 0.977 bits per heavy atom. The lowest BCUT2D eigenvalue weighted by molar-refractivity contribution is -0.149. The smallest absolute Gasteiger partial charge is 0.335 e. The molecule has 0 unspecified atom stereocenters. The van der Waals surface area contributed by atoms with Crippen molar-refractivity contribution in [2.45, 2.75) is 38.8 Å². The maximum Gasteiger partial charge on any atom is 0.335 e. The Bertz CT molecular complexity index is 1760. The minimum atomic E-state index is -1.06. The third-order valence-corrected chi connectivity index (χ3v) is 7.48. The van der Waals surface area contributed by atoms with Crippen LogP contribution < -0.4 is 26.6 Å². The maximum atomic E-state index is 13.5. The van der Waals surface area contributed by atoms with Gasteiger partial charge in [-0.3, -0.25) is 14.2 Å². The third-order valence-electron chi connectivity index (χ3n) is 6.85. The molecule has 0 spiro atoms. The molecule has 1 amide bonds. The summed E-state index contributed by atoms with van der Waals surface area (Å²) in [6.07, 6.45) is 0.452. The van der Waals surface area contributed by atoms with E-state index in [-0.39, 0.29) is 22.0 Å². The van der Waals surface area contributed by atoms with Crippen LogP contribution in [-0.4, -0.2) is 53.4 Å². The number of aromatic nitrogens is 2. The Morgan fingerprint density at radius 2 is 1.66 bits per heavy atom. The molecule has 1 atom stereocenters. The highest BCUT2D eigenvalue weighted by Gasteiger charge is 2.26. The number of rotatable bonds is 12. The van der Waals surface area contributed by atoms with E-state index in [1.54, 1.807) is 69.4 Å². The van der Waals surface area contributed by atoms with Crippen LogP contribution in [0.3, 0.4) is 0 Å². The third kappa shape index (κ3) is 7.50. The van der Waals surface area contributed by atoms with E-state index >= 15 is 0 Å². The highest BCUT2D eigenvalue weighted by atomic mass is 35.5. The number of carbonyl (C=O) groups is 2. The van der Waals surface area contributed by atoms with E-state index in [4.69, 9.17) is 32.7 Å². The van der Waals surface area contributed by atoms with Crippen LogP contribution in [0.1, 0.15) is 36.2 Å². The van der Waals surface area contributed by atoms with E-state index in [1.165, 1.54) is 16.7 Å². The maximum absolute atomic E-state index is 13.5. The Kier molecular flexibility index (Phi) is 10.9. The van der Waals surface area contributed by atoms with E-state index in [0.717, 1.165) is 17.5 Å². The quantitative estimate of drug-likeness (QED) is 0.175. The molecule has 0 saturated heterocycles. The minimum Gasteiger partial charge on any atom is -0.494 e. The predicted octanol–water partition coefficient (Wildman–Crippen LogP) is 4.28. The minimum absolute atomic E-state index is 0.0478. The first-order valence-electron chi connectivity index (χ1n) is 14.1. The van der Waals surface area contributed by atoms with Crippen LogP contribution in [0.4, 0.5) is 0 Å². The molecular weight excluding hydrogens is 607 g/mol. The molecule has 4 rings (SSSR count). The van der Waals surface area contributed by atoms with E-state index in [9.17, 15) is 19.2 Å². The van der Waals surface area contributed by atoms with Crippen LogP contribution >= 0.6 is 23.2 Å². The molecule has 0 aliphatic rings. The molecule has 2 N–H and O–H groups in total. The molecule has 0 aliphatic carbocycles. The average Bonchev–Trinajstić information content (AvgIpc) is 2.98. The van der Waals surface area contributed by atoms with Crippen LogP contribution in [0, 0.1) is 0 Å². The molecule has 0 fully saturated rings. The number of benzene rings is 3. The van der Waals surface area contributed by atoms with Gasteiger partial charge in [-0.1, -0.05) is 41.4 Å². The lowest BCUT2D eigenvalue weighted by Gasteiger charge is -2.20. The summed E-state index contributed by atoms with van der Waals surface area (Å²) in [4.78, 5) is 52.8. The molecule has 1 aromatic heterocycles. The van der Waals surface area contributed by atoms with Gasteiger partial charge in [-0.25, -0.2) is 14.2 Å². The number of fused-ring (bicyclic) bond motifs is 1. The van der Waals surface area contributed by atoms with Gasteiger partial charge < -0.3 is 20.1 Å². The van der Waals surface area contributed by atoms with Crippen LogP contribution in [0.25, 0.3) is 16.6 Å². The van der Waals surface area contributed by atoms with Gasteiger partial charge in [0, 0.05) is 13.5 Å². The van der Waals surface area contributed by atoms with Gasteiger partial charge in [0.05, 0.1) is 44.9 Å². The zero-order valence-corrected chi connectivity index (χ0v) is 26.4. The van der Waals surface area contributed by atoms with Gasteiger partial charge in [0.1, 0.15) is 11.8 Å². The van der Waals surface area contributed by atoms with Crippen molar-refractivity contribution in [3.05, 3.63) is 103 Å². The van der Waals surface area contributed by atoms with Gasteiger partial charge in [0.25, 0.3) is 11.5 Å². The second-order valence-electron chi connectivity index (χ2n) is 10.4. The van der Waals surface area contributed by atoms with Crippen LogP contribution in [0.15, 0.2) is 70.3 Å². The number of amides is 1. The number of aryl methyl sites for hydroxylation is 1. The lowest BCUT2D eigenvalue weighted by atomic mass is 10.0. The SMILES string of the molecule is CNCCCOc1ccc2c(c1)c(=O)n(-c1ccc(C[C@H](NC(=O)c3c(Cl)cccc3Cl)C(=O)OC(C)C)cc1)c(=O)n2C. The zero-order chi connectivity index (χ0) is 32.0. The summed E-state index contributed by atoms with van der Waals surface area (Å²) in [6.45, 7) is 4.69. The van der Waals surface area contributed by atoms with Crippen molar-refractivity contribution in [1.29, 1.82) is 0 Å². The summed E-state index contributed by atoms with van der Waals surface area (Å²) in [6, 6.07) is 15.2. The van der Waals surface area contributed by atoms with Gasteiger partial charge >= 0.3 is 11.7 Å². The standard InChI is InChI=1S/C32H34Cl2N4O6/c1-19(2)44-31(41)26(36-29(39)28-24(33)7-5-8-25(28)34)17-20-9-11-21(12-10-20)38-30(40)23-18-22(43-16-6-15-35-3)13-14-27(23)37(4)32(38)42/h5,7-14,18-19,26,35H,6,15-17H2,1-4H3,(H,36,39)/t26-/m0/s1.